The summed E-state index contributed by atoms with van der Waals surface area (Å²) in [6.45, 7) is 3.51. The molecule has 0 unspecified atom stereocenters. The molecule has 1 N–H and O–H groups in total. The van der Waals surface area contributed by atoms with Gasteiger partial charge in [0.25, 0.3) is 0 Å². The van der Waals surface area contributed by atoms with Crippen molar-refractivity contribution in [1.29, 1.82) is 0 Å². The fraction of sp³-hybridized carbons (Fsp3) is 0.0769. The second kappa shape index (κ2) is 4.07. The van der Waals surface area contributed by atoms with Crippen LogP contribution in [0.15, 0.2) is 53.2 Å². The van der Waals surface area contributed by atoms with E-state index in [1.807, 2.05) is 18.2 Å². The molecular formula is C13H11BrO. The summed E-state index contributed by atoms with van der Waals surface area (Å²) in [4.78, 5) is 0. The van der Waals surface area contributed by atoms with Crippen LogP contribution in [0.4, 0.5) is 0 Å². The van der Waals surface area contributed by atoms with E-state index in [1.165, 1.54) is 5.39 Å². The maximum atomic E-state index is 9.19. The van der Waals surface area contributed by atoms with E-state index in [1.54, 1.807) is 0 Å². The SMILES string of the molecule is C=C(O)Cc1ccc2ccccc2c1Br. The van der Waals surface area contributed by atoms with Crippen molar-refractivity contribution in [2.24, 2.45) is 0 Å². The Bertz CT molecular complexity index is 517. The molecule has 0 spiro atoms. The van der Waals surface area contributed by atoms with E-state index in [-0.39, 0.29) is 5.76 Å². The maximum Gasteiger partial charge on any atom is 0.0895 e. The van der Waals surface area contributed by atoms with Crippen molar-refractivity contribution < 1.29 is 5.11 Å². The van der Waals surface area contributed by atoms with E-state index in [4.69, 9.17) is 0 Å². The molecule has 0 fully saturated rings. The number of benzene rings is 2. The van der Waals surface area contributed by atoms with Crippen LogP contribution in [0.3, 0.4) is 0 Å². The minimum Gasteiger partial charge on any atom is -0.513 e. The largest absolute Gasteiger partial charge is 0.513 e. The third-order valence-electron chi connectivity index (χ3n) is 2.34. The van der Waals surface area contributed by atoms with E-state index in [0.717, 1.165) is 15.4 Å². The van der Waals surface area contributed by atoms with Crippen LogP contribution in [0.1, 0.15) is 5.56 Å². The Morgan fingerprint density at radius 1 is 1.20 bits per heavy atom. The molecule has 76 valence electrons. The lowest BCUT2D eigenvalue weighted by Crippen LogP contribution is -1.90. The lowest BCUT2D eigenvalue weighted by molar-refractivity contribution is 0.401. The number of hydrogen-bond donors (Lipinski definition) is 1. The monoisotopic (exact) mass is 262 g/mol. The minimum absolute atomic E-state index is 0.186. The average molecular weight is 263 g/mol. The van der Waals surface area contributed by atoms with Crippen LogP contribution in [0, 0.1) is 0 Å². The summed E-state index contributed by atoms with van der Waals surface area (Å²) < 4.78 is 1.04. The molecule has 1 nitrogen and oxygen atoms in total. The third kappa shape index (κ3) is 2.05. The Kier molecular flexibility index (Phi) is 2.78. The molecule has 0 radical (unpaired) electrons. The van der Waals surface area contributed by atoms with Crippen LogP contribution in [0.2, 0.25) is 0 Å². The molecule has 0 aliphatic carbocycles. The first-order chi connectivity index (χ1) is 7.18. The highest BCUT2D eigenvalue weighted by molar-refractivity contribution is 9.10. The van der Waals surface area contributed by atoms with Gasteiger partial charge >= 0.3 is 0 Å². The van der Waals surface area contributed by atoms with Crippen LogP contribution < -0.4 is 0 Å². The molecule has 0 aromatic heterocycles. The van der Waals surface area contributed by atoms with Gasteiger partial charge in [-0.2, -0.15) is 0 Å². The van der Waals surface area contributed by atoms with Crippen LogP contribution >= 0.6 is 15.9 Å². The minimum atomic E-state index is 0.186. The quantitative estimate of drug-likeness (QED) is 0.804. The lowest BCUT2D eigenvalue weighted by atomic mass is 10.0. The highest BCUT2D eigenvalue weighted by atomic mass is 79.9. The molecule has 0 aliphatic rings. The van der Waals surface area contributed by atoms with Gasteiger partial charge in [0, 0.05) is 10.9 Å². The van der Waals surface area contributed by atoms with Gasteiger partial charge in [-0.25, -0.2) is 0 Å². The van der Waals surface area contributed by atoms with Crippen LogP contribution in [-0.2, 0) is 6.42 Å². The molecular weight excluding hydrogens is 252 g/mol. The van der Waals surface area contributed by atoms with Gasteiger partial charge in [0.15, 0.2) is 0 Å². The summed E-state index contributed by atoms with van der Waals surface area (Å²) >= 11 is 3.56. The standard InChI is InChI=1S/C13H11BrO/c1-9(15)8-11-7-6-10-4-2-3-5-12(10)13(11)14/h2-7,15H,1,8H2. The van der Waals surface area contributed by atoms with Gasteiger partial charge < -0.3 is 5.11 Å². The fourth-order valence-corrected chi connectivity index (χ4v) is 2.27. The van der Waals surface area contributed by atoms with Crippen molar-refractivity contribution in [1.82, 2.24) is 0 Å². The van der Waals surface area contributed by atoms with E-state index >= 15 is 0 Å². The van der Waals surface area contributed by atoms with E-state index < -0.39 is 0 Å². The fourth-order valence-electron chi connectivity index (χ4n) is 1.64. The van der Waals surface area contributed by atoms with Gasteiger partial charge in [0.05, 0.1) is 5.76 Å². The van der Waals surface area contributed by atoms with Gasteiger partial charge in [-0.05, 0) is 32.3 Å². The van der Waals surface area contributed by atoms with E-state index in [2.05, 4.69) is 40.7 Å². The number of hydrogen-bond acceptors (Lipinski definition) is 1. The first kappa shape index (κ1) is 10.2. The first-order valence-electron chi connectivity index (χ1n) is 4.71. The van der Waals surface area contributed by atoms with Gasteiger partial charge in [-0.15, -0.1) is 0 Å². The lowest BCUT2D eigenvalue weighted by Gasteiger charge is -2.07. The van der Waals surface area contributed by atoms with Gasteiger partial charge in [-0.3, -0.25) is 0 Å². The Balaban J connectivity index is 2.59. The van der Waals surface area contributed by atoms with Crippen LogP contribution in [-0.4, -0.2) is 5.11 Å². The molecule has 2 rings (SSSR count). The molecule has 2 heteroatoms. The summed E-state index contributed by atoms with van der Waals surface area (Å²) in [6.07, 6.45) is 0.491. The molecule has 2 aromatic rings. The molecule has 0 saturated carbocycles. The topological polar surface area (TPSA) is 20.2 Å². The molecule has 15 heavy (non-hydrogen) atoms. The summed E-state index contributed by atoms with van der Waals surface area (Å²) in [6, 6.07) is 12.2. The van der Waals surface area contributed by atoms with Crippen molar-refractivity contribution in [3.63, 3.8) is 0 Å². The number of rotatable bonds is 2. The number of halogens is 1. The molecule has 0 saturated heterocycles. The summed E-state index contributed by atoms with van der Waals surface area (Å²) in [7, 11) is 0. The zero-order valence-electron chi connectivity index (χ0n) is 8.20. The Hall–Kier alpha value is -1.28. The highest BCUT2D eigenvalue weighted by Crippen LogP contribution is 2.28. The zero-order valence-corrected chi connectivity index (χ0v) is 9.79. The summed E-state index contributed by atoms with van der Waals surface area (Å²) in [5.41, 5.74) is 1.06. The van der Waals surface area contributed by atoms with Gasteiger partial charge in [0.2, 0.25) is 0 Å². The molecule has 0 amide bonds. The van der Waals surface area contributed by atoms with Gasteiger partial charge in [-0.1, -0.05) is 43.0 Å². The molecule has 0 bridgehead atoms. The average Bonchev–Trinajstić information content (AvgIpc) is 2.22. The normalized spacial score (nSPS) is 10.5. The molecule has 0 aliphatic heterocycles. The second-order valence-electron chi connectivity index (χ2n) is 3.50. The number of allylic oxidation sites excluding steroid dienone is 1. The van der Waals surface area contributed by atoms with E-state index in [0.29, 0.717) is 6.42 Å². The molecule has 2 aromatic carbocycles. The van der Waals surface area contributed by atoms with Crippen molar-refractivity contribution in [3.05, 3.63) is 58.8 Å². The Morgan fingerprint density at radius 2 is 1.93 bits per heavy atom. The first-order valence-corrected chi connectivity index (χ1v) is 5.50. The summed E-state index contributed by atoms with van der Waals surface area (Å²) in [5.74, 6) is 0.186. The van der Waals surface area contributed by atoms with Gasteiger partial charge in [0.1, 0.15) is 0 Å². The predicted octanol–water partition coefficient (Wildman–Crippen LogP) is 4.22. The van der Waals surface area contributed by atoms with Crippen molar-refractivity contribution in [2.45, 2.75) is 6.42 Å². The maximum absolute atomic E-state index is 9.19. The zero-order chi connectivity index (χ0) is 10.8. The number of aliphatic hydroxyl groups is 1. The van der Waals surface area contributed by atoms with Crippen molar-refractivity contribution >= 4 is 26.7 Å². The molecule has 0 atom stereocenters. The smallest absolute Gasteiger partial charge is 0.0895 e. The summed E-state index contributed by atoms with van der Waals surface area (Å²) in [5, 5.41) is 11.5. The Morgan fingerprint density at radius 3 is 2.67 bits per heavy atom. The number of fused-ring (bicyclic) bond motifs is 1. The second-order valence-corrected chi connectivity index (χ2v) is 4.30. The predicted molar refractivity (Wildman–Crippen MR) is 67.1 cm³/mol. The van der Waals surface area contributed by atoms with Crippen LogP contribution in [0.25, 0.3) is 10.8 Å². The van der Waals surface area contributed by atoms with Crippen LogP contribution in [0.5, 0.6) is 0 Å². The van der Waals surface area contributed by atoms with E-state index in [9.17, 15) is 5.11 Å². The van der Waals surface area contributed by atoms with Crippen molar-refractivity contribution in [3.8, 4) is 0 Å². The third-order valence-corrected chi connectivity index (χ3v) is 3.27. The number of aliphatic hydroxyl groups excluding tert-OH is 1. The highest BCUT2D eigenvalue weighted by Gasteiger charge is 2.05. The molecule has 0 heterocycles. The van der Waals surface area contributed by atoms with Crippen molar-refractivity contribution in [2.75, 3.05) is 0 Å². The Labute approximate surface area is 97.2 Å².